The van der Waals surface area contributed by atoms with Crippen LogP contribution in [0.5, 0.6) is 0 Å². The van der Waals surface area contributed by atoms with Gasteiger partial charge in [-0.1, -0.05) is 36.4 Å². The van der Waals surface area contributed by atoms with Crippen molar-refractivity contribution in [3.8, 4) is 0 Å². The first kappa shape index (κ1) is 16.3. The van der Waals surface area contributed by atoms with Crippen LogP contribution >= 0.6 is 22.6 Å². The van der Waals surface area contributed by atoms with Crippen LogP contribution in [-0.2, 0) is 6.42 Å². The van der Waals surface area contributed by atoms with Crippen LogP contribution in [0.3, 0.4) is 0 Å². The quantitative estimate of drug-likeness (QED) is 0.599. The van der Waals surface area contributed by atoms with Gasteiger partial charge in [-0.05, 0) is 52.8 Å². The third-order valence-corrected chi connectivity index (χ3v) is 5.03. The average Bonchev–Trinajstić information content (AvgIpc) is 3.03. The summed E-state index contributed by atoms with van der Waals surface area (Å²) in [6.45, 7) is 0.0796. The zero-order valence-corrected chi connectivity index (χ0v) is 15.6. The van der Waals surface area contributed by atoms with Gasteiger partial charge in [0.1, 0.15) is 0 Å². The number of hydrogen-bond acceptors (Lipinski definition) is 5. The number of nitrogens with one attached hydrogen (secondary N) is 1. The molecule has 1 aromatic heterocycles. The zero-order valence-electron chi connectivity index (χ0n) is 13.4. The van der Waals surface area contributed by atoms with Crippen LogP contribution in [-0.4, -0.2) is 27.7 Å². The van der Waals surface area contributed by atoms with Crippen molar-refractivity contribution < 1.29 is 5.11 Å². The number of aliphatic hydroxyl groups excluding tert-OH is 1. The topological polar surface area (TPSA) is 61.3 Å². The molecule has 2 N–H and O–H groups in total. The number of halogens is 1. The van der Waals surface area contributed by atoms with Crippen LogP contribution < -0.4 is 10.2 Å². The average molecular weight is 444 g/mol. The maximum atomic E-state index is 9.86. The van der Waals surface area contributed by atoms with Crippen LogP contribution in [0.1, 0.15) is 5.56 Å². The van der Waals surface area contributed by atoms with E-state index in [1.165, 1.54) is 5.56 Å². The Morgan fingerprint density at radius 2 is 1.88 bits per heavy atom. The van der Waals surface area contributed by atoms with Crippen molar-refractivity contribution in [2.24, 2.45) is 0 Å². The molecule has 0 radical (unpaired) electrons. The van der Waals surface area contributed by atoms with Crippen molar-refractivity contribution in [2.75, 3.05) is 16.8 Å². The largest absolute Gasteiger partial charge is 0.394 e. The number of aliphatic hydroxyl groups is 1. The predicted octanol–water partition coefficient (Wildman–Crippen LogP) is 3.88. The molecule has 0 bridgehead atoms. The van der Waals surface area contributed by atoms with E-state index in [-0.39, 0.29) is 12.6 Å². The molecule has 0 spiro atoms. The Labute approximate surface area is 159 Å². The van der Waals surface area contributed by atoms with Crippen molar-refractivity contribution >= 4 is 45.7 Å². The van der Waals surface area contributed by atoms with Gasteiger partial charge in [0.15, 0.2) is 5.82 Å². The first-order valence-corrected chi connectivity index (χ1v) is 9.17. The molecule has 0 fully saturated rings. The molecule has 1 aliphatic heterocycles. The number of para-hydroxylation sites is 2. The maximum absolute atomic E-state index is 9.86. The molecule has 1 unspecified atom stereocenters. The summed E-state index contributed by atoms with van der Waals surface area (Å²) in [4.78, 5) is 11.2. The van der Waals surface area contributed by atoms with Crippen molar-refractivity contribution in [3.05, 3.63) is 69.9 Å². The van der Waals surface area contributed by atoms with E-state index < -0.39 is 0 Å². The van der Waals surface area contributed by atoms with Crippen molar-refractivity contribution in [2.45, 2.75) is 12.5 Å². The molecule has 0 aliphatic carbocycles. The maximum Gasteiger partial charge on any atom is 0.229 e. The summed E-state index contributed by atoms with van der Waals surface area (Å²) in [5, 5.41) is 13.1. The summed E-state index contributed by atoms with van der Waals surface area (Å²) in [5.74, 6) is 1.36. The van der Waals surface area contributed by atoms with E-state index in [4.69, 9.17) is 4.98 Å². The fourth-order valence-electron chi connectivity index (χ4n) is 3.13. The minimum absolute atomic E-state index is 0.00890. The van der Waals surface area contributed by atoms with Gasteiger partial charge < -0.3 is 15.3 Å². The van der Waals surface area contributed by atoms with Crippen LogP contribution in [0.25, 0.3) is 0 Å². The highest BCUT2D eigenvalue weighted by atomic mass is 127. The molecular weight excluding hydrogens is 427 g/mol. The number of benzene rings is 2. The standard InChI is InChI=1S/C19H17IN4O/c20-16-11-21-19(22-14-7-2-1-3-8-14)23-18(16)24-15(12-25)10-13-6-4-5-9-17(13)24/h1-9,11,15,25H,10,12H2,(H,21,22,23). The van der Waals surface area contributed by atoms with Crippen LogP contribution in [0.2, 0.25) is 0 Å². The summed E-state index contributed by atoms with van der Waals surface area (Å²) in [7, 11) is 0. The smallest absolute Gasteiger partial charge is 0.229 e. The summed E-state index contributed by atoms with van der Waals surface area (Å²) in [6, 6.07) is 18.1. The molecule has 6 heteroatoms. The van der Waals surface area contributed by atoms with Gasteiger partial charge in [-0.25, -0.2) is 4.98 Å². The highest BCUT2D eigenvalue weighted by Gasteiger charge is 2.32. The highest BCUT2D eigenvalue weighted by molar-refractivity contribution is 14.1. The minimum Gasteiger partial charge on any atom is -0.394 e. The molecule has 2 aromatic carbocycles. The monoisotopic (exact) mass is 444 g/mol. The molecule has 0 amide bonds. The van der Waals surface area contributed by atoms with E-state index in [0.29, 0.717) is 5.95 Å². The van der Waals surface area contributed by atoms with Gasteiger partial charge in [-0.15, -0.1) is 0 Å². The molecule has 2 heterocycles. The lowest BCUT2D eigenvalue weighted by molar-refractivity contribution is 0.268. The van der Waals surface area contributed by atoms with Gasteiger partial charge in [0.2, 0.25) is 5.95 Å². The molecule has 1 atom stereocenters. The Kier molecular flexibility index (Phi) is 4.54. The fourth-order valence-corrected chi connectivity index (χ4v) is 3.65. The Balaban J connectivity index is 1.73. The molecule has 5 nitrogen and oxygen atoms in total. The highest BCUT2D eigenvalue weighted by Crippen LogP contribution is 2.39. The fraction of sp³-hybridized carbons (Fsp3) is 0.158. The minimum atomic E-state index is -0.00890. The Morgan fingerprint density at radius 3 is 2.68 bits per heavy atom. The number of nitrogens with zero attached hydrogens (tertiary/aromatic N) is 3. The number of aromatic nitrogens is 2. The number of rotatable bonds is 4. The summed E-state index contributed by atoms with van der Waals surface area (Å²) < 4.78 is 0.950. The van der Waals surface area contributed by atoms with Crippen molar-refractivity contribution in [3.63, 3.8) is 0 Å². The van der Waals surface area contributed by atoms with E-state index in [2.05, 4.69) is 49.9 Å². The van der Waals surface area contributed by atoms with Crippen LogP contribution in [0.15, 0.2) is 60.8 Å². The first-order valence-electron chi connectivity index (χ1n) is 8.09. The lowest BCUT2D eigenvalue weighted by Gasteiger charge is -2.26. The zero-order chi connectivity index (χ0) is 17.2. The van der Waals surface area contributed by atoms with Gasteiger partial charge in [-0.2, -0.15) is 4.98 Å². The van der Waals surface area contributed by atoms with Gasteiger partial charge in [0.25, 0.3) is 0 Å². The second-order valence-corrected chi connectivity index (χ2v) is 7.06. The van der Waals surface area contributed by atoms with E-state index in [9.17, 15) is 5.11 Å². The summed E-state index contributed by atoms with van der Waals surface area (Å²) in [6.07, 6.45) is 2.62. The van der Waals surface area contributed by atoms with Gasteiger partial charge >= 0.3 is 0 Å². The molecule has 126 valence electrons. The lowest BCUT2D eigenvalue weighted by Crippen LogP contribution is -2.32. The SMILES string of the molecule is OCC1Cc2ccccc2N1c1nc(Nc2ccccc2)ncc1I. The van der Waals surface area contributed by atoms with Gasteiger partial charge in [0.05, 0.1) is 16.2 Å². The Bertz CT molecular complexity index is 888. The summed E-state index contributed by atoms with van der Waals surface area (Å²) >= 11 is 2.25. The number of hydrogen-bond donors (Lipinski definition) is 2. The third-order valence-electron chi connectivity index (χ3n) is 4.27. The molecule has 4 rings (SSSR count). The molecule has 3 aromatic rings. The predicted molar refractivity (Wildman–Crippen MR) is 108 cm³/mol. The Morgan fingerprint density at radius 1 is 1.12 bits per heavy atom. The van der Waals surface area contributed by atoms with E-state index >= 15 is 0 Å². The second-order valence-electron chi connectivity index (χ2n) is 5.90. The van der Waals surface area contributed by atoms with Crippen molar-refractivity contribution in [1.29, 1.82) is 0 Å². The van der Waals surface area contributed by atoms with Crippen LogP contribution in [0, 0.1) is 3.57 Å². The number of anilines is 4. The van der Waals surface area contributed by atoms with E-state index in [1.54, 1.807) is 0 Å². The van der Waals surface area contributed by atoms with Gasteiger partial charge in [0, 0.05) is 17.6 Å². The molecular formula is C19H17IN4O. The third kappa shape index (κ3) is 3.19. The summed E-state index contributed by atoms with van der Waals surface area (Å²) in [5.41, 5.74) is 3.27. The van der Waals surface area contributed by atoms with E-state index in [0.717, 1.165) is 27.2 Å². The second kappa shape index (κ2) is 6.97. The van der Waals surface area contributed by atoms with Gasteiger partial charge in [-0.3, -0.25) is 0 Å². The molecule has 25 heavy (non-hydrogen) atoms. The molecule has 1 aliphatic rings. The Hall–Kier alpha value is -2.19. The first-order chi connectivity index (χ1) is 12.3. The number of fused-ring (bicyclic) bond motifs is 1. The lowest BCUT2D eigenvalue weighted by atomic mass is 10.1. The molecule has 0 saturated carbocycles. The molecule has 0 saturated heterocycles. The van der Waals surface area contributed by atoms with E-state index in [1.807, 2.05) is 48.7 Å². The van der Waals surface area contributed by atoms with Crippen LogP contribution in [0.4, 0.5) is 23.1 Å². The van der Waals surface area contributed by atoms with Crippen molar-refractivity contribution in [1.82, 2.24) is 9.97 Å². The normalized spacial score (nSPS) is 15.9.